The molecule has 20 heavy (non-hydrogen) atoms. The van der Waals surface area contributed by atoms with Crippen molar-refractivity contribution in [1.29, 1.82) is 0 Å². The Morgan fingerprint density at radius 1 is 1.60 bits per heavy atom. The second kappa shape index (κ2) is 5.40. The van der Waals surface area contributed by atoms with E-state index in [1.807, 2.05) is 31.4 Å². The van der Waals surface area contributed by atoms with E-state index in [1.54, 1.807) is 11.3 Å². The highest BCUT2D eigenvalue weighted by atomic mass is 32.1. The molecule has 5 heteroatoms. The molecule has 2 atom stereocenters. The van der Waals surface area contributed by atoms with Gasteiger partial charge >= 0.3 is 0 Å². The van der Waals surface area contributed by atoms with Crippen LogP contribution in [0.2, 0.25) is 0 Å². The van der Waals surface area contributed by atoms with E-state index in [0.717, 1.165) is 35.8 Å². The number of fused-ring (bicyclic) bond motifs is 1. The van der Waals surface area contributed by atoms with E-state index in [-0.39, 0.29) is 17.9 Å². The molecule has 0 saturated heterocycles. The Morgan fingerprint density at radius 3 is 3.20 bits per heavy atom. The van der Waals surface area contributed by atoms with E-state index >= 15 is 0 Å². The van der Waals surface area contributed by atoms with Crippen LogP contribution in [-0.4, -0.2) is 21.5 Å². The molecule has 3 rings (SSSR count). The number of carbonyl (C=O) groups is 1. The number of aromatic nitrogens is 2. The minimum absolute atomic E-state index is 0.0686. The number of nitrogens with zero attached hydrogens (tertiary/aromatic N) is 2. The van der Waals surface area contributed by atoms with Crippen LogP contribution in [0.5, 0.6) is 0 Å². The molecule has 3 heterocycles. The number of thiophene rings is 1. The first kappa shape index (κ1) is 13.4. The zero-order valence-electron chi connectivity index (χ0n) is 11.8. The predicted octanol–water partition coefficient (Wildman–Crippen LogP) is 2.49. The summed E-state index contributed by atoms with van der Waals surface area (Å²) in [6.07, 6.45) is 3.97. The summed E-state index contributed by atoms with van der Waals surface area (Å²) in [6.45, 7) is 4.81. The number of amides is 1. The number of aryl methyl sites for hydroxylation is 2. The van der Waals surface area contributed by atoms with Crippen molar-refractivity contribution in [2.24, 2.45) is 0 Å². The minimum atomic E-state index is -0.0686. The Bertz CT molecular complexity index is 603. The van der Waals surface area contributed by atoms with Gasteiger partial charge in [-0.25, -0.2) is 4.98 Å². The first-order valence-electron chi connectivity index (χ1n) is 7.00. The first-order chi connectivity index (χ1) is 9.63. The number of hydrogen-bond donors (Lipinski definition) is 1. The average Bonchev–Trinajstić information content (AvgIpc) is 3.05. The molecule has 0 aromatic carbocycles. The summed E-state index contributed by atoms with van der Waals surface area (Å²) in [5.74, 6) is 1.19. The van der Waals surface area contributed by atoms with Crippen LogP contribution < -0.4 is 5.32 Å². The van der Waals surface area contributed by atoms with Gasteiger partial charge in [0.1, 0.15) is 5.82 Å². The second-order valence-electron chi connectivity index (χ2n) is 5.43. The Labute approximate surface area is 122 Å². The van der Waals surface area contributed by atoms with E-state index in [4.69, 9.17) is 0 Å². The molecular formula is C15H19N3OS. The third-order valence-electron chi connectivity index (χ3n) is 3.82. The van der Waals surface area contributed by atoms with Crippen LogP contribution >= 0.6 is 11.3 Å². The maximum absolute atomic E-state index is 12.3. The van der Waals surface area contributed by atoms with Gasteiger partial charge in [-0.2, -0.15) is 0 Å². The number of nitrogens with one attached hydrogen (secondary N) is 1. The monoisotopic (exact) mass is 289 g/mol. The average molecular weight is 289 g/mol. The standard InChI is InChI=1S/C15H19N3OS/c1-10-8-18-9-12(5-6-14(18)16-10)17-15(19)11(2)13-4-3-7-20-13/h3-4,7-8,11-12H,5-6,9H2,1-2H3,(H,17,19)/t11-,12+/m1/s1. The van der Waals surface area contributed by atoms with E-state index < -0.39 is 0 Å². The van der Waals surface area contributed by atoms with Crippen LogP contribution in [0.4, 0.5) is 0 Å². The molecule has 1 aliphatic rings. The number of rotatable bonds is 3. The fourth-order valence-electron chi connectivity index (χ4n) is 2.70. The molecule has 1 N–H and O–H groups in total. The quantitative estimate of drug-likeness (QED) is 0.943. The summed E-state index contributed by atoms with van der Waals surface area (Å²) in [5, 5.41) is 5.19. The van der Waals surface area contributed by atoms with Gasteiger partial charge in [0.15, 0.2) is 0 Å². The fraction of sp³-hybridized carbons (Fsp3) is 0.467. The molecule has 106 valence electrons. The Hall–Kier alpha value is -1.62. The van der Waals surface area contributed by atoms with Crippen molar-refractivity contribution >= 4 is 17.2 Å². The van der Waals surface area contributed by atoms with Crippen molar-refractivity contribution in [3.8, 4) is 0 Å². The van der Waals surface area contributed by atoms with Crippen LogP contribution in [0, 0.1) is 6.92 Å². The van der Waals surface area contributed by atoms with Gasteiger partial charge in [-0.05, 0) is 31.7 Å². The highest BCUT2D eigenvalue weighted by Gasteiger charge is 2.24. The van der Waals surface area contributed by atoms with Gasteiger partial charge in [-0.3, -0.25) is 4.79 Å². The zero-order valence-corrected chi connectivity index (χ0v) is 12.6. The number of carbonyl (C=O) groups excluding carboxylic acids is 1. The van der Waals surface area contributed by atoms with Crippen LogP contribution in [0.25, 0.3) is 0 Å². The normalized spacial score (nSPS) is 19.4. The molecular weight excluding hydrogens is 270 g/mol. The molecule has 0 fully saturated rings. The molecule has 1 aliphatic heterocycles. The third kappa shape index (κ3) is 2.63. The van der Waals surface area contributed by atoms with Gasteiger partial charge in [0.05, 0.1) is 11.6 Å². The summed E-state index contributed by atoms with van der Waals surface area (Å²) < 4.78 is 2.17. The molecule has 4 nitrogen and oxygen atoms in total. The second-order valence-corrected chi connectivity index (χ2v) is 6.41. The van der Waals surface area contributed by atoms with Crippen molar-refractivity contribution < 1.29 is 4.79 Å². The van der Waals surface area contributed by atoms with Crippen LogP contribution in [0.15, 0.2) is 23.7 Å². The largest absolute Gasteiger partial charge is 0.351 e. The minimum Gasteiger partial charge on any atom is -0.351 e. The summed E-state index contributed by atoms with van der Waals surface area (Å²) in [4.78, 5) is 17.9. The lowest BCUT2D eigenvalue weighted by atomic mass is 10.0. The lowest BCUT2D eigenvalue weighted by Gasteiger charge is -2.25. The molecule has 1 amide bonds. The van der Waals surface area contributed by atoms with Crippen LogP contribution in [0.1, 0.15) is 35.7 Å². The molecule has 0 aliphatic carbocycles. The summed E-state index contributed by atoms with van der Waals surface area (Å²) in [6, 6.07) is 4.23. The van der Waals surface area contributed by atoms with Gasteiger partial charge in [-0.1, -0.05) is 6.07 Å². The van der Waals surface area contributed by atoms with Crippen molar-refractivity contribution in [2.75, 3.05) is 0 Å². The van der Waals surface area contributed by atoms with Gasteiger partial charge in [-0.15, -0.1) is 11.3 Å². The lowest BCUT2D eigenvalue weighted by Crippen LogP contribution is -2.42. The molecule has 2 aromatic heterocycles. The smallest absolute Gasteiger partial charge is 0.228 e. The van der Waals surface area contributed by atoms with Gasteiger partial charge in [0.2, 0.25) is 5.91 Å². The predicted molar refractivity (Wildman–Crippen MR) is 79.9 cm³/mol. The van der Waals surface area contributed by atoms with Crippen molar-refractivity contribution in [1.82, 2.24) is 14.9 Å². The Kier molecular flexibility index (Phi) is 3.61. The maximum Gasteiger partial charge on any atom is 0.228 e. The van der Waals surface area contributed by atoms with Gasteiger partial charge in [0.25, 0.3) is 0 Å². The van der Waals surface area contributed by atoms with Crippen molar-refractivity contribution in [2.45, 2.75) is 45.2 Å². The third-order valence-corrected chi connectivity index (χ3v) is 4.88. The molecule has 0 bridgehead atoms. The van der Waals surface area contributed by atoms with Gasteiger partial charge < -0.3 is 9.88 Å². The zero-order chi connectivity index (χ0) is 14.1. The summed E-state index contributed by atoms with van der Waals surface area (Å²) in [7, 11) is 0. The topological polar surface area (TPSA) is 46.9 Å². The number of imidazole rings is 1. The van der Waals surface area contributed by atoms with Crippen LogP contribution in [-0.2, 0) is 17.8 Å². The fourth-order valence-corrected chi connectivity index (χ4v) is 3.48. The summed E-state index contributed by atoms with van der Waals surface area (Å²) >= 11 is 1.64. The first-order valence-corrected chi connectivity index (χ1v) is 7.88. The van der Waals surface area contributed by atoms with Crippen LogP contribution in [0.3, 0.4) is 0 Å². The molecule has 0 saturated carbocycles. The van der Waals surface area contributed by atoms with E-state index in [9.17, 15) is 4.79 Å². The number of hydrogen-bond acceptors (Lipinski definition) is 3. The molecule has 0 unspecified atom stereocenters. The molecule has 0 radical (unpaired) electrons. The van der Waals surface area contributed by atoms with Crippen molar-refractivity contribution in [3.63, 3.8) is 0 Å². The molecule has 2 aromatic rings. The maximum atomic E-state index is 12.3. The summed E-state index contributed by atoms with van der Waals surface area (Å²) in [5.41, 5.74) is 1.05. The highest BCUT2D eigenvalue weighted by Crippen LogP contribution is 2.22. The highest BCUT2D eigenvalue weighted by molar-refractivity contribution is 7.10. The van der Waals surface area contributed by atoms with E-state index in [0.29, 0.717) is 0 Å². The Morgan fingerprint density at radius 2 is 2.45 bits per heavy atom. The van der Waals surface area contributed by atoms with Gasteiger partial charge in [0, 0.05) is 30.1 Å². The van der Waals surface area contributed by atoms with Crippen molar-refractivity contribution in [3.05, 3.63) is 40.1 Å². The molecule has 0 spiro atoms. The van der Waals surface area contributed by atoms with E-state index in [1.165, 1.54) is 0 Å². The van der Waals surface area contributed by atoms with E-state index in [2.05, 4.69) is 21.1 Å². The lowest BCUT2D eigenvalue weighted by molar-refractivity contribution is -0.123. The Balaban J connectivity index is 1.63. The SMILES string of the molecule is Cc1cn2c(n1)CC[C@H](NC(=O)[C@H](C)c1cccs1)C2.